The van der Waals surface area contributed by atoms with Crippen LogP contribution >= 0.6 is 11.8 Å². The zero-order chi connectivity index (χ0) is 17.0. The third-order valence-electron chi connectivity index (χ3n) is 2.74. The van der Waals surface area contributed by atoms with Gasteiger partial charge in [0.2, 0.25) is 5.16 Å². The number of carboxylic acid groups (broad SMARTS) is 1. The van der Waals surface area contributed by atoms with Crippen LogP contribution < -0.4 is 9.47 Å². The van der Waals surface area contributed by atoms with Gasteiger partial charge in [0.05, 0.1) is 31.0 Å². The van der Waals surface area contributed by atoms with E-state index in [1.54, 1.807) is 0 Å². The summed E-state index contributed by atoms with van der Waals surface area (Å²) in [5.74, 6) is -0.595. The molecule has 0 unspecified atom stereocenters. The predicted octanol–water partition coefficient (Wildman–Crippen LogP) is 1.57. The monoisotopic (exact) mass is 340 g/mol. The van der Waals surface area contributed by atoms with Gasteiger partial charge in [-0.2, -0.15) is 0 Å². The topological polar surface area (TPSA) is 140 Å². The van der Waals surface area contributed by atoms with Gasteiger partial charge in [-0.15, -0.1) is 5.10 Å². The summed E-state index contributed by atoms with van der Waals surface area (Å²) >= 11 is 0.897. The number of aliphatic carboxylic acids is 1. The van der Waals surface area contributed by atoms with Gasteiger partial charge in [-0.1, -0.05) is 11.8 Å². The highest BCUT2D eigenvalue weighted by molar-refractivity contribution is 7.99. The highest BCUT2D eigenvalue weighted by atomic mass is 32.2. The number of ether oxygens (including phenoxy) is 2. The number of nitro groups is 1. The van der Waals surface area contributed by atoms with E-state index in [1.807, 2.05) is 0 Å². The van der Waals surface area contributed by atoms with Crippen LogP contribution in [0.5, 0.6) is 11.5 Å². The van der Waals surface area contributed by atoms with Crippen molar-refractivity contribution in [1.82, 2.24) is 15.2 Å². The molecule has 10 nitrogen and oxygen atoms in total. The Morgan fingerprint density at radius 2 is 2.04 bits per heavy atom. The summed E-state index contributed by atoms with van der Waals surface area (Å²) in [5, 5.41) is 26.4. The van der Waals surface area contributed by atoms with E-state index in [4.69, 9.17) is 14.6 Å². The fraction of sp³-hybridized carbons (Fsp3) is 0.250. The van der Waals surface area contributed by atoms with E-state index in [1.165, 1.54) is 26.4 Å². The van der Waals surface area contributed by atoms with Crippen LogP contribution in [0.3, 0.4) is 0 Å². The van der Waals surface area contributed by atoms with Crippen LogP contribution in [-0.2, 0) is 4.79 Å². The van der Waals surface area contributed by atoms with Gasteiger partial charge in [-0.05, 0) is 0 Å². The van der Waals surface area contributed by atoms with Gasteiger partial charge in [0.1, 0.15) is 5.56 Å². The van der Waals surface area contributed by atoms with Gasteiger partial charge in [-0.25, -0.2) is 4.98 Å². The molecule has 122 valence electrons. The smallest absolute Gasteiger partial charge is 0.313 e. The van der Waals surface area contributed by atoms with Gasteiger partial charge < -0.3 is 14.6 Å². The maximum atomic E-state index is 11.2. The molecular formula is C12H12N4O6S. The number of nitro benzene ring substituents is 1. The molecule has 0 amide bonds. The Hall–Kier alpha value is -2.82. The third kappa shape index (κ3) is 3.69. The first-order valence-electron chi connectivity index (χ1n) is 6.14. The number of nitrogens with one attached hydrogen (secondary N) is 1. The van der Waals surface area contributed by atoms with Crippen molar-refractivity contribution < 1.29 is 24.3 Å². The number of methoxy groups -OCH3 is 2. The Morgan fingerprint density at radius 3 is 2.61 bits per heavy atom. The number of aromatic amines is 1. The van der Waals surface area contributed by atoms with Gasteiger partial charge in [0, 0.05) is 6.07 Å². The lowest BCUT2D eigenvalue weighted by Crippen LogP contribution is -1.98. The second kappa shape index (κ2) is 6.96. The molecule has 2 N–H and O–H groups in total. The summed E-state index contributed by atoms with van der Waals surface area (Å²) in [5.41, 5.74) is -0.0871. The van der Waals surface area contributed by atoms with E-state index in [-0.39, 0.29) is 33.7 Å². The second-order valence-electron chi connectivity index (χ2n) is 4.13. The number of carboxylic acids is 1. The lowest BCUT2D eigenvalue weighted by atomic mass is 10.1. The maximum absolute atomic E-state index is 11.2. The normalized spacial score (nSPS) is 10.3. The van der Waals surface area contributed by atoms with Crippen LogP contribution in [-0.4, -0.2) is 51.2 Å². The highest BCUT2D eigenvalue weighted by Crippen LogP contribution is 2.38. The molecule has 23 heavy (non-hydrogen) atoms. The lowest BCUT2D eigenvalue weighted by molar-refractivity contribution is -0.384. The van der Waals surface area contributed by atoms with Gasteiger partial charge >= 0.3 is 5.97 Å². The van der Waals surface area contributed by atoms with Crippen molar-refractivity contribution in [3.05, 3.63) is 22.2 Å². The predicted molar refractivity (Wildman–Crippen MR) is 79.9 cm³/mol. The van der Waals surface area contributed by atoms with Crippen LogP contribution in [0.15, 0.2) is 17.3 Å². The fourth-order valence-corrected chi connectivity index (χ4v) is 2.29. The second-order valence-corrected chi connectivity index (χ2v) is 5.07. The van der Waals surface area contributed by atoms with Crippen LogP contribution in [0.25, 0.3) is 11.4 Å². The Labute approximate surface area is 134 Å². The number of carbonyl (C=O) groups is 1. The van der Waals surface area contributed by atoms with Crippen molar-refractivity contribution in [3.8, 4) is 22.9 Å². The summed E-state index contributed by atoms with van der Waals surface area (Å²) in [6, 6.07) is 2.63. The number of aromatic nitrogens is 3. The minimum atomic E-state index is -1.02. The summed E-state index contributed by atoms with van der Waals surface area (Å²) in [6.45, 7) is 0. The molecule has 2 rings (SSSR count). The fourth-order valence-electron chi connectivity index (χ4n) is 1.77. The van der Waals surface area contributed by atoms with Crippen molar-refractivity contribution in [2.24, 2.45) is 0 Å². The molecule has 0 fully saturated rings. The molecule has 0 saturated heterocycles. The number of hydrogen-bond donors (Lipinski definition) is 2. The van der Waals surface area contributed by atoms with Crippen molar-refractivity contribution in [3.63, 3.8) is 0 Å². The zero-order valence-electron chi connectivity index (χ0n) is 12.1. The summed E-state index contributed by atoms with van der Waals surface area (Å²) < 4.78 is 10.2. The minimum Gasteiger partial charge on any atom is -0.493 e. The van der Waals surface area contributed by atoms with E-state index in [9.17, 15) is 14.9 Å². The zero-order valence-corrected chi connectivity index (χ0v) is 12.9. The van der Waals surface area contributed by atoms with Crippen LogP contribution in [0.1, 0.15) is 0 Å². The molecule has 11 heteroatoms. The maximum Gasteiger partial charge on any atom is 0.313 e. The molecule has 1 heterocycles. The quantitative estimate of drug-likeness (QED) is 0.436. The van der Waals surface area contributed by atoms with Gasteiger partial charge in [-0.3, -0.25) is 20.0 Å². The molecule has 0 aliphatic rings. The van der Waals surface area contributed by atoms with Crippen molar-refractivity contribution in [2.45, 2.75) is 5.16 Å². The Bertz CT molecular complexity index is 747. The molecule has 2 aromatic rings. The largest absolute Gasteiger partial charge is 0.493 e. The highest BCUT2D eigenvalue weighted by Gasteiger charge is 2.23. The summed E-state index contributed by atoms with van der Waals surface area (Å²) in [6.07, 6.45) is 0. The minimum absolute atomic E-state index is 0.130. The molecule has 1 aromatic carbocycles. The Morgan fingerprint density at radius 1 is 1.39 bits per heavy atom. The number of nitrogens with zero attached hydrogens (tertiary/aromatic N) is 3. The van der Waals surface area contributed by atoms with Crippen molar-refractivity contribution >= 4 is 23.4 Å². The molecule has 1 aromatic heterocycles. The molecule has 0 saturated carbocycles. The third-order valence-corrected chi connectivity index (χ3v) is 3.58. The first-order chi connectivity index (χ1) is 11.0. The summed E-state index contributed by atoms with van der Waals surface area (Å²) in [4.78, 5) is 25.3. The average Bonchev–Trinajstić information content (AvgIpc) is 3.00. The molecule has 0 atom stereocenters. The molecule has 0 spiro atoms. The van der Waals surface area contributed by atoms with Crippen LogP contribution in [0, 0.1) is 10.1 Å². The van der Waals surface area contributed by atoms with E-state index in [2.05, 4.69) is 15.2 Å². The lowest BCUT2D eigenvalue weighted by Gasteiger charge is -2.09. The SMILES string of the molecule is COc1cc(-c2nc(SCC(=O)O)n[nH]2)c([N+](=O)[O-])cc1OC. The first-order valence-corrected chi connectivity index (χ1v) is 7.12. The van der Waals surface area contributed by atoms with E-state index in [0.717, 1.165) is 11.8 Å². The van der Waals surface area contributed by atoms with E-state index in [0.29, 0.717) is 5.75 Å². The first kappa shape index (κ1) is 16.5. The number of benzene rings is 1. The molecule has 0 bridgehead atoms. The van der Waals surface area contributed by atoms with Crippen molar-refractivity contribution in [1.29, 1.82) is 0 Å². The number of H-pyrrole nitrogens is 1. The van der Waals surface area contributed by atoms with Gasteiger partial charge in [0.15, 0.2) is 17.3 Å². The van der Waals surface area contributed by atoms with E-state index < -0.39 is 10.9 Å². The average molecular weight is 340 g/mol. The van der Waals surface area contributed by atoms with E-state index >= 15 is 0 Å². The standard InChI is InChI=1S/C12H12N4O6S/c1-21-8-3-6(7(16(19)20)4-9(8)22-2)11-13-12(15-14-11)23-5-10(17)18/h3-4H,5H2,1-2H3,(H,17,18)(H,13,14,15). The van der Waals surface area contributed by atoms with Gasteiger partial charge in [0.25, 0.3) is 5.69 Å². The molecule has 0 radical (unpaired) electrons. The van der Waals surface area contributed by atoms with Crippen LogP contribution in [0.4, 0.5) is 5.69 Å². The van der Waals surface area contributed by atoms with Crippen molar-refractivity contribution in [2.75, 3.05) is 20.0 Å². The molecular weight excluding hydrogens is 328 g/mol. The van der Waals surface area contributed by atoms with Crippen LogP contribution in [0.2, 0.25) is 0 Å². The molecule has 0 aliphatic heterocycles. The molecule has 0 aliphatic carbocycles. The number of hydrogen-bond acceptors (Lipinski definition) is 8. The summed E-state index contributed by atoms with van der Waals surface area (Å²) in [7, 11) is 2.78. The number of rotatable bonds is 7. The number of thioether (sulfide) groups is 1. The Balaban J connectivity index is 2.45. The Kier molecular flexibility index (Phi) is 5.01.